The Kier molecular flexibility index (Phi) is 6.53. The highest BCUT2D eigenvalue weighted by Gasteiger charge is 2.23. The summed E-state index contributed by atoms with van der Waals surface area (Å²) < 4.78 is 5.54. The summed E-state index contributed by atoms with van der Waals surface area (Å²) in [5.74, 6) is -1.07. The molecular weight excluding hydrogens is 412 g/mol. The van der Waals surface area contributed by atoms with Gasteiger partial charge in [-0.1, -0.05) is 18.2 Å². The zero-order chi connectivity index (χ0) is 23.5. The molecule has 0 aliphatic rings. The highest BCUT2D eigenvalue weighted by molar-refractivity contribution is 5.88. The van der Waals surface area contributed by atoms with Crippen LogP contribution in [0.3, 0.4) is 0 Å². The number of hydrogen-bond acceptors (Lipinski definition) is 5. The highest BCUT2D eigenvalue weighted by atomic mass is 16.6. The van der Waals surface area contributed by atoms with E-state index in [2.05, 4.69) is 4.98 Å². The van der Waals surface area contributed by atoms with Crippen LogP contribution in [-0.4, -0.2) is 44.3 Å². The summed E-state index contributed by atoms with van der Waals surface area (Å²) in [7, 11) is 0. The lowest BCUT2D eigenvalue weighted by molar-refractivity contribution is 0.0236. The van der Waals surface area contributed by atoms with E-state index in [0.717, 1.165) is 5.56 Å². The largest absolute Gasteiger partial charge is 0.506 e. The number of hydrogen-bond donors (Lipinski definition) is 3. The Balaban J connectivity index is 1.88. The SMILES string of the molecule is CC(C)(C)OC(=O)N(CCc1ccc(O)c2[nH]c(=O)ccc12)Cc1cccc(C(=O)O)c1. The van der Waals surface area contributed by atoms with Crippen molar-refractivity contribution in [2.45, 2.75) is 39.3 Å². The molecule has 1 aromatic heterocycles. The van der Waals surface area contributed by atoms with Crippen LogP contribution in [0, 0.1) is 0 Å². The van der Waals surface area contributed by atoms with Crippen molar-refractivity contribution in [3.63, 3.8) is 0 Å². The molecule has 0 fully saturated rings. The monoisotopic (exact) mass is 438 g/mol. The van der Waals surface area contributed by atoms with Gasteiger partial charge < -0.3 is 24.8 Å². The van der Waals surface area contributed by atoms with Gasteiger partial charge in [0.2, 0.25) is 5.56 Å². The maximum atomic E-state index is 12.9. The van der Waals surface area contributed by atoms with Crippen molar-refractivity contribution in [2.24, 2.45) is 0 Å². The van der Waals surface area contributed by atoms with Gasteiger partial charge in [0.05, 0.1) is 11.1 Å². The summed E-state index contributed by atoms with van der Waals surface area (Å²) >= 11 is 0. The molecular formula is C24H26N2O6. The smallest absolute Gasteiger partial charge is 0.410 e. The molecule has 3 rings (SSSR count). The van der Waals surface area contributed by atoms with Gasteiger partial charge in [-0.3, -0.25) is 4.79 Å². The van der Waals surface area contributed by atoms with Gasteiger partial charge in [-0.05, 0) is 62.6 Å². The van der Waals surface area contributed by atoms with Crippen LogP contribution in [-0.2, 0) is 17.7 Å². The number of pyridine rings is 1. The Labute approximate surface area is 185 Å². The van der Waals surface area contributed by atoms with E-state index in [-0.39, 0.29) is 30.0 Å². The van der Waals surface area contributed by atoms with Crippen LogP contribution in [0.15, 0.2) is 53.3 Å². The first-order valence-corrected chi connectivity index (χ1v) is 10.2. The molecule has 0 aliphatic heterocycles. The molecule has 0 unspecified atom stereocenters. The van der Waals surface area contributed by atoms with E-state index in [9.17, 15) is 24.6 Å². The number of carboxylic acids is 1. The fourth-order valence-electron chi connectivity index (χ4n) is 3.35. The zero-order valence-electron chi connectivity index (χ0n) is 18.2. The molecule has 3 aromatic rings. The van der Waals surface area contributed by atoms with Crippen molar-refractivity contribution < 1.29 is 24.5 Å². The van der Waals surface area contributed by atoms with Crippen LogP contribution in [0.25, 0.3) is 10.9 Å². The number of aromatic carboxylic acids is 1. The maximum Gasteiger partial charge on any atom is 0.410 e. The first kappa shape index (κ1) is 22.9. The molecule has 0 bridgehead atoms. The molecule has 0 atom stereocenters. The number of aromatic amines is 1. The quantitative estimate of drug-likeness (QED) is 0.537. The molecule has 3 N–H and O–H groups in total. The summed E-state index contributed by atoms with van der Waals surface area (Å²) in [4.78, 5) is 39.9. The molecule has 8 heteroatoms. The summed E-state index contributed by atoms with van der Waals surface area (Å²) in [6.07, 6.45) is -0.0875. The zero-order valence-corrected chi connectivity index (χ0v) is 18.2. The molecule has 0 radical (unpaired) electrons. The number of aromatic nitrogens is 1. The third kappa shape index (κ3) is 5.66. The Morgan fingerprint density at radius 3 is 2.53 bits per heavy atom. The van der Waals surface area contributed by atoms with Gasteiger partial charge in [-0.25, -0.2) is 9.59 Å². The second kappa shape index (κ2) is 9.13. The maximum absolute atomic E-state index is 12.9. The average molecular weight is 438 g/mol. The molecule has 0 aliphatic carbocycles. The number of amides is 1. The van der Waals surface area contributed by atoms with Crippen molar-refractivity contribution in [1.82, 2.24) is 9.88 Å². The minimum absolute atomic E-state index is 0.0315. The molecule has 1 heterocycles. The van der Waals surface area contributed by atoms with E-state index in [0.29, 0.717) is 22.9 Å². The number of fused-ring (bicyclic) bond motifs is 1. The van der Waals surface area contributed by atoms with E-state index >= 15 is 0 Å². The lowest BCUT2D eigenvalue weighted by atomic mass is 10.0. The standard InChI is InChI=1S/C24H26N2O6/c1-24(2,3)32-23(31)26(14-15-5-4-6-17(13-15)22(29)30)12-11-16-7-9-19(27)21-18(16)8-10-20(28)25-21/h4-10,13,27H,11-12,14H2,1-3H3,(H,25,28)(H,29,30). The highest BCUT2D eigenvalue weighted by Crippen LogP contribution is 2.25. The first-order chi connectivity index (χ1) is 15.0. The summed E-state index contributed by atoms with van der Waals surface area (Å²) in [6, 6.07) is 12.7. The molecule has 8 nitrogen and oxygen atoms in total. The van der Waals surface area contributed by atoms with Crippen molar-refractivity contribution in [1.29, 1.82) is 0 Å². The van der Waals surface area contributed by atoms with Gasteiger partial charge >= 0.3 is 12.1 Å². The number of rotatable bonds is 6. The van der Waals surface area contributed by atoms with Crippen molar-refractivity contribution in [2.75, 3.05) is 6.54 Å². The number of phenolic OH excluding ortho intramolecular Hbond substituents is 1. The van der Waals surface area contributed by atoms with E-state index in [1.807, 2.05) is 0 Å². The van der Waals surface area contributed by atoms with Crippen molar-refractivity contribution >= 4 is 23.0 Å². The van der Waals surface area contributed by atoms with E-state index in [1.54, 1.807) is 45.0 Å². The second-order valence-corrected chi connectivity index (χ2v) is 8.51. The van der Waals surface area contributed by atoms with Gasteiger partial charge in [0.1, 0.15) is 11.4 Å². The average Bonchev–Trinajstić information content (AvgIpc) is 2.71. The number of benzene rings is 2. The number of carbonyl (C=O) groups excluding carboxylic acids is 1. The van der Waals surface area contributed by atoms with Crippen LogP contribution in [0.4, 0.5) is 4.79 Å². The van der Waals surface area contributed by atoms with E-state index < -0.39 is 17.7 Å². The number of nitrogens with one attached hydrogen (secondary N) is 1. The first-order valence-electron chi connectivity index (χ1n) is 10.2. The van der Waals surface area contributed by atoms with Gasteiger partial charge in [0, 0.05) is 24.5 Å². The topological polar surface area (TPSA) is 120 Å². The number of aromatic hydroxyl groups is 1. The lowest BCUT2D eigenvalue weighted by Crippen LogP contribution is -2.37. The van der Waals surface area contributed by atoms with Crippen LogP contribution < -0.4 is 5.56 Å². The van der Waals surface area contributed by atoms with Gasteiger partial charge in [0.15, 0.2) is 0 Å². The Morgan fingerprint density at radius 1 is 1.09 bits per heavy atom. The summed E-state index contributed by atoms with van der Waals surface area (Å²) in [5, 5.41) is 20.0. The number of H-pyrrole nitrogens is 1. The second-order valence-electron chi connectivity index (χ2n) is 8.51. The Morgan fingerprint density at radius 2 is 1.84 bits per heavy atom. The fraction of sp³-hybridized carbons (Fsp3) is 0.292. The number of phenols is 1. The van der Waals surface area contributed by atoms with Gasteiger partial charge in [0.25, 0.3) is 0 Å². The fourth-order valence-corrected chi connectivity index (χ4v) is 3.35. The molecule has 168 valence electrons. The summed E-state index contributed by atoms with van der Waals surface area (Å²) in [6.45, 7) is 5.78. The predicted octanol–water partition coefficient (Wildman–Crippen LogP) is 3.91. The molecule has 0 spiro atoms. The normalized spacial score (nSPS) is 11.3. The number of ether oxygens (including phenoxy) is 1. The van der Waals surface area contributed by atoms with Crippen LogP contribution >= 0.6 is 0 Å². The molecule has 0 saturated carbocycles. The van der Waals surface area contributed by atoms with Gasteiger partial charge in [-0.2, -0.15) is 0 Å². The predicted molar refractivity (Wildman–Crippen MR) is 120 cm³/mol. The third-order valence-electron chi connectivity index (χ3n) is 4.81. The van der Waals surface area contributed by atoms with Crippen molar-refractivity contribution in [3.8, 4) is 5.75 Å². The number of nitrogens with zero attached hydrogens (tertiary/aromatic N) is 1. The number of carboxylic acid groups (broad SMARTS) is 1. The Hall–Kier alpha value is -3.81. The van der Waals surface area contributed by atoms with E-state index in [1.165, 1.54) is 29.2 Å². The molecule has 2 aromatic carbocycles. The van der Waals surface area contributed by atoms with Crippen LogP contribution in [0.2, 0.25) is 0 Å². The van der Waals surface area contributed by atoms with Crippen molar-refractivity contribution in [3.05, 3.63) is 75.6 Å². The minimum Gasteiger partial charge on any atom is -0.506 e. The van der Waals surface area contributed by atoms with Gasteiger partial charge in [-0.15, -0.1) is 0 Å². The lowest BCUT2D eigenvalue weighted by Gasteiger charge is -2.28. The third-order valence-corrected chi connectivity index (χ3v) is 4.81. The number of carbonyl (C=O) groups is 2. The van der Waals surface area contributed by atoms with Crippen LogP contribution in [0.1, 0.15) is 42.3 Å². The molecule has 0 saturated heterocycles. The van der Waals surface area contributed by atoms with E-state index in [4.69, 9.17) is 4.74 Å². The Bertz CT molecular complexity index is 1210. The molecule has 1 amide bonds. The summed E-state index contributed by atoms with van der Waals surface area (Å²) in [5.41, 5.74) is 0.965. The minimum atomic E-state index is -1.04. The van der Waals surface area contributed by atoms with Crippen LogP contribution in [0.5, 0.6) is 5.75 Å². The molecule has 32 heavy (non-hydrogen) atoms.